The van der Waals surface area contributed by atoms with E-state index in [-0.39, 0.29) is 5.91 Å². The van der Waals surface area contributed by atoms with Crippen molar-refractivity contribution in [2.24, 2.45) is 0 Å². The van der Waals surface area contributed by atoms with Gasteiger partial charge < -0.3 is 4.74 Å². The van der Waals surface area contributed by atoms with Gasteiger partial charge in [0.25, 0.3) is 5.91 Å². The summed E-state index contributed by atoms with van der Waals surface area (Å²) in [6.07, 6.45) is 3.82. The number of piperidine rings is 1. The molecule has 7 heteroatoms. The Balaban J connectivity index is 1.58. The van der Waals surface area contributed by atoms with Crippen molar-refractivity contribution < 1.29 is 9.53 Å². The summed E-state index contributed by atoms with van der Waals surface area (Å²) in [6, 6.07) is 6.97. The van der Waals surface area contributed by atoms with Crippen LogP contribution in [0.2, 0.25) is 0 Å². The first-order chi connectivity index (χ1) is 11.2. The Labute approximate surface area is 139 Å². The highest BCUT2D eigenvalue weighted by molar-refractivity contribution is 7.15. The Hall–Kier alpha value is -1.99. The number of anilines is 1. The van der Waals surface area contributed by atoms with Crippen molar-refractivity contribution in [3.8, 4) is 5.75 Å². The summed E-state index contributed by atoms with van der Waals surface area (Å²) in [4.78, 5) is 14.6. The van der Waals surface area contributed by atoms with Crippen LogP contribution in [0.25, 0.3) is 0 Å². The molecule has 2 aromatic rings. The summed E-state index contributed by atoms with van der Waals surface area (Å²) >= 11 is 1.44. The number of carbonyl (C=O) groups is 1. The third-order valence-electron chi connectivity index (χ3n) is 3.85. The van der Waals surface area contributed by atoms with Gasteiger partial charge in [0.1, 0.15) is 10.8 Å². The number of carbonyl (C=O) groups excluding carboxylic acids is 1. The molecule has 0 radical (unpaired) electrons. The second kappa shape index (κ2) is 7.52. The predicted molar refractivity (Wildman–Crippen MR) is 90.0 cm³/mol. The quantitative estimate of drug-likeness (QED) is 0.912. The van der Waals surface area contributed by atoms with Crippen LogP contribution in [0.1, 0.15) is 34.6 Å². The van der Waals surface area contributed by atoms with Crippen LogP contribution in [-0.2, 0) is 6.54 Å². The molecule has 1 N–H and O–H groups in total. The maximum atomic E-state index is 12.2. The SMILES string of the molecule is COc1ccc(C(=O)Nc2nnc(CN3CCCCC3)s2)cc1. The van der Waals surface area contributed by atoms with E-state index < -0.39 is 0 Å². The van der Waals surface area contributed by atoms with Gasteiger partial charge in [0.15, 0.2) is 0 Å². The lowest BCUT2D eigenvalue weighted by Gasteiger charge is -2.24. The van der Waals surface area contributed by atoms with E-state index in [0.29, 0.717) is 10.7 Å². The van der Waals surface area contributed by atoms with Crippen LogP contribution >= 0.6 is 11.3 Å². The Morgan fingerprint density at radius 3 is 2.65 bits per heavy atom. The fourth-order valence-corrected chi connectivity index (χ4v) is 3.37. The number of rotatable bonds is 5. The topological polar surface area (TPSA) is 67.3 Å². The van der Waals surface area contributed by atoms with Crippen LogP contribution in [-0.4, -0.2) is 41.2 Å². The second-order valence-electron chi connectivity index (χ2n) is 5.52. The number of nitrogens with one attached hydrogen (secondary N) is 1. The van der Waals surface area contributed by atoms with Crippen LogP contribution in [0, 0.1) is 0 Å². The first kappa shape index (κ1) is 15.9. The van der Waals surface area contributed by atoms with Crippen molar-refractivity contribution in [2.75, 3.05) is 25.5 Å². The molecular weight excluding hydrogens is 312 g/mol. The highest BCUT2D eigenvalue weighted by Crippen LogP contribution is 2.20. The van der Waals surface area contributed by atoms with Crippen LogP contribution < -0.4 is 10.1 Å². The van der Waals surface area contributed by atoms with Crippen molar-refractivity contribution in [3.05, 3.63) is 34.8 Å². The van der Waals surface area contributed by atoms with E-state index in [0.717, 1.165) is 30.4 Å². The zero-order valence-corrected chi connectivity index (χ0v) is 13.9. The fraction of sp³-hybridized carbons (Fsp3) is 0.438. The van der Waals surface area contributed by atoms with Gasteiger partial charge in [-0.05, 0) is 50.2 Å². The minimum absolute atomic E-state index is 0.187. The van der Waals surface area contributed by atoms with E-state index in [2.05, 4.69) is 20.4 Å². The van der Waals surface area contributed by atoms with Crippen LogP contribution in [0.15, 0.2) is 24.3 Å². The molecule has 0 spiro atoms. The third-order valence-corrected chi connectivity index (χ3v) is 4.67. The van der Waals surface area contributed by atoms with Gasteiger partial charge in [-0.3, -0.25) is 15.0 Å². The average Bonchev–Trinajstić information content (AvgIpc) is 3.02. The van der Waals surface area contributed by atoms with Gasteiger partial charge in [-0.2, -0.15) is 0 Å². The van der Waals surface area contributed by atoms with Crippen molar-refractivity contribution >= 4 is 22.4 Å². The van der Waals surface area contributed by atoms with Gasteiger partial charge >= 0.3 is 0 Å². The van der Waals surface area contributed by atoms with Crippen molar-refractivity contribution in [1.82, 2.24) is 15.1 Å². The Morgan fingerprint density at radius 2 is 1.96 bits per heavy atom. The Morgan fingerprint density at radius 1 is 1.22 bits per heavy atom. The molecule has 122 valence electrons. The van der Waals surface area contributed by atoms with Gasteiger partial charge in [0.2, 0.25) is 5.13 Å². The summed E-state index contributed by atoms with van der Waals surface area (Å²) in [5.74, 6) is 0.537. The largest absolute Gasteiger partial charge is 0.497 e. The number of hydrogen-bond acceptors (Lipinski definition) is 6. The maximum absolute atomic E-state index is 12.2. The molecule has 1 amide bonds. The van der Waals surface area contributed by atoms with E-state index in [9.17, 15) is 4.79 Å². The maximum Gasteiger partial charge on any atom is 0.257 e. The van der Waals surface area contributed by atoms with E-state index >= 15 is 0 Å². The van der Waals surface area contributed by atoms with Crippen LogP contribution in [0.4, 0.5) is 5.13 Å². The number of ether oxygens (including phenoxy) is 1. The second-order valence-corrected chi connectivity index (χ2v) is 6.58. The lowest BCUT2D eigenvalue weighted by molar-refractivity contribution is 0.102. The number of nitrogens with zero attached hydrogens (tertiary/aromatic N) is 3. The lowest BCUT2D eigenvalue weighted by atomic mass is 10.1. The molecular formula is C16H20N4O2S. The minimum Gasteiger partial charge on any atom is -0.497 e. The van der Waals surface area contributed by atoms with Gasteiger partial charge in [-0.1, -0.05) is 17.8 Å². The number of benzene rings is 1. The predicted octanol–water partition coefficient (Wildman–Crippen LogP) is 2.78. The molecule has 23 heavy (non-hydrogen) atoms. The van der Waals surface area contributed by atoms with Crippen molar-refractivity contribution in [2.45, 2.75) is 25.8 Å². The molecule has 3 rings (SSSR count). The smallest absolute Gasteiger partial charge is 0.257 e. The standard InChI is InChI=1S/C16H20N4O2S/c1-22-13-7-5-12(6-8-13)15(21)17-16-19-18-14(23-16)11-20-9-3-2-4-10-20/h5-8H,2-4,9-11H2,1H3,(H,17,19,21). The first-order valence-electron chi connectivity index (χ1n) is 7.75. The van der Waals surface area contributed by atoms with Gasteiger partial charge in [0.05, 0.1) is 13.7 Å². The molecule has 0 atom stereocenters. The molecule has 1 saturated heterocycles. The highest BCUT2D eigenvalue weighted by Gasteiger charge is 2.14. The van der Waals surface area contributed by atoms with Gasteiger partial charge in [0, 0.05) is 5.56 Å². The Bertz CT molecular complexity index is 650. The fourth-order valence-electron chi connectivity index (χ4n) is 2.59. The summed E-state index contributed by atoms with van der Waals surface area (Å²) in [7, 11) is 1.60. The molecule has 0 saturated carbocycles. The molecule has 1 aromatic carbocycles. The molecule has 0 bridgehead atoms. The molecule has 0 aliphatic carbocycles. The van der Waals surface area contributed by atoms with E-state index in [4.69, 9.17) is 4.74 Å². The lowest BCUT2D eigenvalue weighted by Crippen LogP contribution is -2.28. The number of likely N-dealkylation sites (tertiary alicyclic amines) is 1. The summed E-state index contributed by atoms with van der Waals surface area (Å²) in [5.41, 5.74) is 0.568. The van der Waals surface area contributed by atoms with Crippen LogP contribution in [0.3, 0.4) is 0 Å². The van der Waals surface area contributed by atoms with E-state index in [1.54, 1.807) is 31.4 Å². The first-order valence-corrected chi connectivity index (χ1v) is 8.56. The van der Waals surface area contributed by atoms with E-state index in [1.165, 1.54) is 30.6 Å². The third kappa shape index (κ3) is 4.27. The molecule has 6 nitrogen and oxygen atoms in total. The summed E-state index contributed by atoms with van der Waals surface area (Å²) in [6.45, 7) is 3.05. The molecule has 1 aliphatic rings. The van der Waals surface area contributed by atoms with Crippen molar-refractivity contribution in [3.63, 3.8) is 0 Å². The highest BCUT2D eigenvalue weighted by atomic mass is 32.1. The zero-order chi connectivity index (χ0) is 16.1. The van der Waals surface area contributed by atoms with Crippen LogP contribution in [0.5, 0.6) is 5.75 Å². The minimum atomic E-state index is -0.187. The molecule has 2 heterocycles. The Kier molecular flexibility index (Phi) is 5.19. The van der Waals surface area contributed by atoms with Gasteiger partial charge in [-0.15, -0.1) is 10.2 Å². The van der Waals surface area contributed by atoms with E-state index in [1.807, 2.05) is 0 Å². The molecule has 1 aliphatic heterocycles. The zero-order valence-electron chi connectivity index (χ0n) is 13.1. The molecule has 0 unspecified atom stereocenters. The number of methoxy groups -OCH3 is 1. The van der Waals surface area contributed by atoms with Gasteiger partial charge in [-0.25, -0.2) is 0 Å². The number of amides is 1. The number of aromatic nitrogens is 2. The molecule has 1 aromatic heterocycles. The normalized spacial score (nSPS) is 15.3. The monoisotopic (exact) mass is 332 g/mol. The average molecular weight is 332 g/mol. The molecule has 1 fully saturated rings. The summed E-state index contributed by atoms with van der Waals surface area (Å²) < 4.78 is 5.09. The number of hydrogen-bond donors (Lipinski definition) is 1. The van der Waals surface area contributed by atoms with Crippen molar-refractivity contribution in [1.29, 1.82) is 0 Å². The summed E-state index contributed by atoms with van der Waals surface area (Å²) in [5, 5.41) is 12.5.